The van der Waals surface area contributed by atoms with Crippen LogP contribution < -0.4 is 10.1 Å². The second kappa shape index (κ2) is 11.3. The molecule has 2 aromatic rings. The van der Waals surface area contributed by atoms with Gasteiger partial charge in [0.05, 0.1) is 23.0 Å². The van der Waals surface area contributed by atoms with Crippen LogP contribution in [0, 0.1) is 0 Å². The number of nitrogens with zero attached hydrogens (tertiary/aromatic N) is 2. The lowest BCUT2D eigenvalue weighted by Crippen LogP contribution is -2.04. The number of halogens is 1. The van der Waals surface area contributed by atoms with E-state index in [1.807, 2.05) is 12.1 Å². The van der Waals surface area contributed by atoms with Gasteiger partial charge in [0.15, 0.2) is 0 Å². The van der Waals surface area contributed by atoms with Gasteiger partial charge in [0.2, 0.25) is 5.91 Å². The maximum atomic E-state index is 11.0. The summed E-state index contributed by atoms with van der Waals surface area (Å²) in [6, 6.07) is 12.5. The third kappa shape index (κ3) is 7.79. The van der Waals surface area contributed by atoms with Crippen LogP contribution in [0.15, 0.2) is 52.7 Å². The lowest BCUT2D eigenvalue weighted by atomic mass is 10.2. The second-order valence-electron chi connectivity index (χ2n) is 6.31. The molecule has 0 fully saturated rings. The third-order valence-electron chi connectivity index (χ3n) is 3.89. The summed E-state index contributed by atoms with van der Waals surface area (Å²) in [5, 5.41) is 11.6. The Morgan fingerprint density at radius 3 is 2.33 bits per heavy atom. The molecule has 1 N–H and O–H groups in total. The molecule has 144 valence electrons. The Balaban J connectivity index is 1.87. The van der Waals surface area contributed by atoms with Crippen LogP contribution in [0.3, 0.4) is 0 Å². The van der Waals surface area contributed by atoms with Gasteiger partial charge in [-0.15, -0.1) is 0 Å². The number of ether oxygens (including phenoxy) is 1. The van der Waals surface area contributed by atoms with Gasteiger partial charge in [0.25, 0.3) is 0 Å². The highest BCUT2D eigenvalue weighted by Gasteiger charge is 2.03. The minimum absolute atomic E-state index is 0.109. The fourth-order valence-electron chi connectivity index (χ4n) is 2.49. The van der Waals surface area contributed by atoms with Crippen LogP contribution in [0.2, 0.25) is 5.02 Å². The first-order valence-electron chi connectivity index (χ1n) is 9.30. The summed E-state index contributed by atoms with van der Waals surface area (Å²) in [4.78, 5) is 11.0. The first kappa shape index (κ1) is 20.9. The zero-order chi connectivity index (χ0) is 19.5. The predicted octanol–water partition coefficient (Wildman–Crippen LogP) is 7.06. The molecule has 0 heterocycles. The summed E-state index contributed by atoms with van der Waals surface area (Å²) in [6.45, 7) is 4.35. The van der Waals surface area contributed by atoms with E-state index in [2.05, 4.69) is 22.5 Å². The number of nitrogens with one attached hydrogen (secondary N) is 1. The zero-order valence-electron chi connectivity index (χ0n) is 15.9. The van der Waals surface area contributed by atoms with E-state index in [9.17, 15) is 4.79 Å². The largest absolute Gasteiger partial charge is 0.492 e. The molecule has 0 bridgehead atoms. The number of hydrogen-bond acceptors (Lipinski definition) is 4. The lowest BCUT2D eigenvalue weighted by molar-refractivity contribution is -0.114. The van der Waals surface area contributed by atoms with Gasteiger partial charge in [0.1, 0.15) is 5.75 Å². The molecule has 0 spiro atoms. The van der Waals surface area contributed by atoms with Crippen LogP contribution in [0.5, 0.6) is 5.75 Å². The van der Waals surface area contributed by atoms with Gasteiger partial charge in [-0.2, -0.15) is 10.2 Å². The molecule has 0 saturated carbocycles. The molecule has 0 aromatic heterocycles. The first-order chi connectivity index (χ1) is 13.1. The Morgan fingerprint density at radius 1 is 1.00 bits per heavy atom. The summed E-state index contributed by atoms with van der Waals surface area (Å²) >= 11 is 6.28. The zero-order valence-corrected chi connectivity index (χ0v) is 16.6. The fourth-order valence-corrected chi connectivity index (χ4v) is 2.72. The minimum Gasteiger partial charge on any atom is -0.492 e. The molecule has 0 aliphatic rings. The molecule has 0 radical (unpaired) electrons. The van der Waals surface area contributed by atoms with Crippen LogP contribution in [-0.4, -0.2) is 12.5 Å². The normalized spacial score (nSPS) is 10.9. The van der Waals surface area contributed by atoms with Crippen LogP contribution >= 0.6 is 11.6 Å². The molecule has 1 amide bonds. The van der Waals surface area contributed by atoms with Crippen molar-refractivity contribution in [3.05, 3.63) is 47.5 Å². The van der Waals surface area contributed by atoms with Crippen LogP contribution in [0.1, 0.15) is 46.0 Å². The van der Waals surface area contributed by atoms with Crippen molar-refractivity contribution in [3.63, 3.8) is 0 Å². The van der Waals surface area contributed by atoms with E-state index in [1.165, 1.54) is 32.6 Å². The Morgan fingerprint density at radius 2 is 1.67 bits per heavy atom. The van der Waals surface area contributed by atoms with Gasteiger partial charge < -0.3 is 10.1 Å². The maximum absolute atomic E-state index is 11.0. The van der Waals surface area contributed by atoms with Gasteiger partial charge in [-0.3, -0.25) is 4.79 Å². The van der Waals surface area contributed by atoms with E-state index in [0.717, 1.165) is 12.1 Å². The maximum Gasteiger partial charge on any atom is 0.221 e. The Kier molecular flexibility index (Phi) is 8.78. The average Bonchev–Trinajstić information content (AvgIpc) is 2.65. The van der Waals surface area contributed by atoms with Crippen molar-refractivity contribution in [1.29, 1.82) is 0 Å². The fraction of sp³-hybridized carbons (Fsp3) is 0.381. The number of amides is 1. The van der Waals surface area contributed by atoms with Crippen LogP contribution in [0.25, 0.3) is 0 Å². The van der Waals surface area contributed by atoms with E-state index >= 15 is 0 Å². The molecule has 5 nitrogen and oxygen atoms in total. The van der Waals surface area contributed by atoms with E-state index in [-0.39, 0.29) is 5.91 Å². The molecule has 0 aliphatic carbocycles. The number of anilines is 1. The quantitative estimate of drug-likeness (QED) is 0.350. The Hall–Kier alpha value is -2.40. The number of rotatable bonds is 10. The van der Waals surface area contributed by atoms with Crippen molar-refractivity contribution >= 4 is 34.6 Å². The SMILES string of the molecule is CCCCCCCOc1ccc(N=Nc2ccc(NC(C)=O)cc2)cc1Cl. The molecule has 0 unspecified atom stereocenters. The number of azo groups is 1. The molecule has 27 heavy (non-hydrogen) atoms. The third-order valence-corrected chi connectivity index (χ3v) is 4.18. The van der Waals surface area contributed by atoms with E-state index in [1.54, 1.807) is 30.3 Å². The summed E-state index contributed by atoms with van der Waals surface area (Å²) in [7, 11) is 0. The van der Waals surface area contributed by atoms with Crippen molar-refractivity contribution in [2.75, 3.05) is 11.9 Å². The molecule has 0 saturated heterocycles. The van der Waals surface area contributed by atoms with Crippen molar-refractivity contribution in [3.8, 4) is 5.75 Å². The van der Waals surface area contributed by atoms with Crippen molar-refractivity contribution in [2.24, 2.45) is 10.2 Å². The summed E-state index contributed by atoms with van der Waals surface area (Å²) in [6.07, 6.45) is 5.97. The van der Waals surface area contributed by atoms with Gasteiger partial charge in [-0.1, -0.05) is 44.2 Å². The minimum atomic E-state index is -0.109. The van der Waals surface area contributed by atoms with E-state index in [4.69, 9.17) is 16.3 Å². The van der Waals surface area contributed by atoms with Gasteiger partial charge in [0, 0.05) is 12.6 Å². The molecular formula is C21H26ClN3O2. The predicted molar refractivity (Wildman–Crippen MR) is 111 cm³/mol. The number of hydrogen-bond donors (Lipinski definition) is 1. The monoisotopic (exact) mass is 387 g/mol. The summed E-state index contributed by atoms with van der Waals surface area (Å²) in [5.41, 5.74) is 2.06. The van der Waals surface area contributed by atoms with Gasteiger partial charge in [-0.25, -0.2) is 0 Å². The van der Waals surface area contributed by atoms with Crippen LogP contribution in [-0.2, 0) is 4.79 Å². The highest BCUT2D eigenvalue weighted by atomic mass is 35.5. The highest BCUT2D eigenvalue weighted by molar-refractivity contribution is 6.32. The Bertz CT molecular complexity index is 761. The summed E-state index contributed by atoms with van der Waals surface area (Å²) < 4.78 is 5.74. The number of unbranched alkanes of at least 4 members (excludes halogenated alkanes) is 4. The molecule has 0 aliphatic heterocycles. The molecule has 6 heteroatoms. The number of carbonyl (C=O) groups excluding carboxylic acids is 1. The summed E-state index contributed by atoms with van der Waals surface area (Å²) in [5.74, 6) is 0.563. The Labute approximate surface area is 165 Å². The average molecular weight is 388 g/mol. The van der Waals surface area contributed by atoms with Crippen molar-refractivity contribution < 1.29 is 9.53 Å². The van der Waals surface area contributed by atoms with E-state index < -0.39 is 0 Å². The topological polar surface area (TPSA) is 63.1 Å². The standard InChI is InChI=1S/C21H26ClN3O2/c1-3-4-5-6-7-14-27-21-13-12-19(15-20(21)22)25-24-18-10-8-17(9-11-18)23-16(2)26/h8-13,15H,3-7,14H2,1-2H3,(H,23,26). The van der Waals surface area contributed by atoms with Crippen LogP contribution in [0.4, 0.5) is 17.1 Å². The van der Waals surface area contributed by atoms with Crippen molar-refractivity contribution in [1.82, 2.24) is 0 Å². The first-order valence-corrected chi connectivity index (χ1v) is 9.68. The second-order valence-corrected chi connectivity index (χ2v) is 6.71. The lowest BCUT2D eigenvalue weighted by Gasteiger charge is -2.08. The van der Waals surface area contributed by atoms with E-state index in [0.29, 0.717) is 28.8 Å². The van der Waals surface area contributed by atoms with Gasteiger partial charge >= 0.3 is 0 Å². The number of benzene rings is 2. The molecule has 0 atom stereocenters. The molecular weight excluding hydrogens is 362 g/mol. The smallest absolute Gasteiger partial charge is 0.221 e. The molecule has 2 aromatic carbocycles. The molecule has 2 rings (SSSR count). The van der Waals surface area contributed by atoms with Gasteiger partial charge in [-0.05, 0) is 48.9 Å². The van der Waals surface area contributed by atoms with Crippen molar-refractivity contribution in [2.45, 2.75) is 46.0 Å². The highest BCUT2D eigenvalue weighted by Crippen LogP contribution is 2.30. The number of carbonyl (C=O) groups is 1.